The Hall–Kier alpha value is -2.51. The van der Waals surface area contributed by atoms with E-state index in [1.54, 1.807) is 36.0 Å². The van der Waals surface area contributed by atoms with Crippen molar-refractivity contribution in [2.75, 3.05) is 6.54 Å². The van der Waals surface area contributed by atoms with Crippen LogP contribution in [0, 0.1) is 0 Å². The second-order valence-corrected chi connectivity index (χ2v) is 6.95. The van der Waals surface area contributed by atoms with Gasteiger partial charge in [0.05, 0.1) is 24.3 Å². The molecule has 0 bridgehead atoms. The molecular formula is C17H13N3O2S2. The van der Waals surface area contributed by atoms with E-state index in [1.165, 1.54) is 9.75 Å². The maximum absolute atomic E-state index is 12.2. The number of furan rings is 1. The minimum Gasteiger partial charge on any atom is -0.472 e. The van der Waals surface area contributed by atoms with Crippen LogP contribution in [0.4, 0.5) is 0 Å². The third-order valence-electron chi connectivity index (χ3n) is 3.64. The van der Waals surface area contributed by atoms with Gasteiger partial charge in [0, 0.05) is 27.4 Å². The summed E-state index contributed by atoms with van der Waals surface area (Å²) in [5.74, 6) is -0.0866. The fraction of sp³-hybridized carbons (Fsp3) is 0.118. The number of amides is 1. The Labute approximate surface area is 146 Å². The van der Waals surface area contributed by atoms with Gasteiger partial charge in [-0.25, -0.2) is 0 Å². The number of carbonyl (C=O) groups is 1. The van der Waals surface area contributed by atoms with Crippen LogP contribution in [0.2, 0.25) is 0 Å². The average Bonchev–Trinajstić information content (AvgIpc) is 3.34. The molecule has 0 saturated carbocycles. The van der Waals surface area contributed by atoms with Crippen LogP contribution in [0.15, 0.2) is 53.3 Å². The Bertz CT molecular complexity index is 973. The molecule has 0 fully saturated rings. The Morgan fingerprint density at radius 3 is 2.92 bits per heavy atom. The van der Waals surface area contributed by atoms with E-state index >= 15 is 0 Å². The first-order valence-electron chi connectivity index (χ1n) is 7.41. The highest BCUT2D eigenvalue weighted by Crippen LogP contribution is 2.28. The zero-order valence-corrected chi connectivity index (χ0v) is 14.2. The van der Waals surface area contributed by atoms with E-state index in [4.69, 9.17) is 4.42 Å². The Balaban J connectivity index is 1.36. The SMILES string of the molecule is O=C(NCCc1ccc(-c2ccoc2)s1)c1ccc2nsnc2c1. The molecule has 4 rings (SSSR count). The molecule has 120 valence electrons. The molecule has 0 aliphatic heterocycles. The summed E-state index contributed by atoms with van der Waals surface area (Å²) in [6, 6.07) is 11.5. The first kappa shape index (κ1) is 15.0. The maximum atomic E-state index is 12.2. The van der Waals surface area contributed by atoms with Gasteiger partial charge in [0.15, 0.2) is 0 Å². The van der Waals surface area contributed by atoms with Gasteiger partial charge >= 0.3 is 0 Å². The summed E-state index contributed by atoms with van der Waals surface area (Å²) < 4.78 is 13.4. The lowest BCUT2D eigenvalue weighted by Crippen LogP contribution is -2.25. The van der Waals surface area contributed by atoms with Crippen molar-refractivity contribution in [2.45, 2.75) is 6.42 Å². The number of benzene rings is 1. The highest BCUT2D eigenvalue weighted by atomic mass is 32.1. The minimum atomic E-state index is -0.0866. The van der Waals surface area contributed by atoms with Crippen LogP contribution < -0.4 is 5.32 Å². The van der Waals surface area contributed by atoms with Crippen molar-refractivity contribution in [3.05, 3.63) is 59.4 Å². The summed E-state index contributed by atoms with van der Waals surface area (Å²) in [7, 11) is 0. The Morgan fingerprint density at radius 2 is 2.04 bits per heavy atom. The van der Waals surface area contributed by atoms with E-state index < -0.39 is 0 Å². The van der Waals surface area contributed by atoms with Crippen LogP contribution in [0.3, 0.4) is 0 Å². The lowest BCUT2D eigenvalue weighted by atomic mass is 10.2. The highest BCUT2D eigenvalue weighted by molar-refractivity contribution is 7.15. The molecule has 0 aliphatic carbocycles. The van der Waals surface area contributed by atoms with Crippen LogP contribution in [0.5, 0.6) is 0 Å². The third-order valence-corrected chi connectivity index (χ3v) is 5.39. The normalized spacial score (nSPS) is 11.0. The van der Waals surface area contributed by atoms with Gasteiger partial charge in [-0.15, -0.1) is 11.3 Å². The molecule has 0 atom stereocenters. The molecule has 0 unspecified atom stereocenters. The largest absolute Gasteiger partial charge is 0.472 e. The average molecular weight is 355 g/mol. The minimum absolute atomic E-state index is 0.0866. The van der Waals surface area contributed by atoms with Gasteiger partial charge in [0.25, 0.3) is 5.91 Å². The van der Waals surface area contributed by atoms with Gasteiger partial charge in [-0.05, 0) is 42.8 Å². The Kier molecular flexibility index (Phi) is 4.10. The van der Waals surface area contributed by atoms with E-state index in [-0.39, 0.29) is 5.91 Å². The number of rotatable bonds is 5. The van der Waals surface area contributed by atoms with E-state index in [0.717, 1.165) is 34.7 Å². The predicted molar refractivity (Wildman–Crippen MR) is 95.5 cm³/mol. The van der Waals surface area contributed by atoms with Crippen LogP contribution in [-0.2, 0) is 6.42 Å². The Morgan fingerprint density at radius 1 is 1.12 bits per heavy atom. The number of nitrogens with one attached hydrogen (secondary N) is 1. The van der Waals surface area contributed by atoms with E-state index in [9.17, 15) is 4.79 Å². The third kappa shape index (κ3) is 3.08. The second-order valence-electron chi connectivity index (χ2n) is 5.25. The standard InChI is InChI=1S/C17H13N3O2S2/c21-17(11-1-3-14-15(9-11)20-24-19-14)18-7-5-13-2-4-16(23-13)12-6-8-22-10-12/h1-4,6,8-10H,5,7H2,(H,18,21). The van der Waals surface area contributed by atoms with Gasteiger partial charge in [0.1, 0.15) is 11.0 Å². The van der Waals surface area contributed by atoms with Crippen molar-refractivity contribution in [2.24, 2.45) is 0 Å². The molecule has 7 heteroatoms. The van der Waals surface area contributed by atoms with Crippen LogP contribution >= 0.6 is 23.1 Å². The molecule has 3 heterocycles. The van der Waals surface area contributed by atoms with E-state index in [2.05, 4.69) is 26.2 Å². The molecule has 3 aromatic heterocycles. The number of hydrogen-bond acceptors (Lipinski definition) is 6. The molecule has 0 saturated heterocycles. The van der Waals surface area contributed by atoms with Crippen molar-refractivity contribution < 1.29 is 9.21 Å². The summed E-state index contributed by atoms with van der Waals surface area (Å²) >= 11 is 2.87. The molecule has 1 amide bonds. The van der Waals surface area contributed by atoms with Crippen LogP contribution in [-0.4, -0.2) is 21.2 Å². The molecule has 0 spiro atoms. The molecule has 4 aromatic rings. The van der Waals surface area contributed by atoms with Crippen molar-refractivity contribution in [1.82, 2.24) is 14.1 Å². The zero-order valence-electron chi connectivity index (χ0n) is 12.6. The molecule has 0 aliphatic rings. The van der Waals surface area contributed by atoms with E-state index in [0.29, 0.717) is 12.1 Å². The number of thiophene rings is 1. The molecule has 24 heavy (non-hydrogen) atoms. The first-order valence-corrected chi connectivity index (χ1v) is 8.96. The maximum Gasteiger partial charge on any atom is 0.251 e. The lowest BCUT2D eigenvalue weighted by Gasteiger charge is -2.04. The van der Waals surface area contributed by atoms with Crippen LogP contribution in [0.25, 0.3) is 21.5 Å². The van der Waals surface area contributed by atoms with Crippen molar-refractivity contribution in [3.8, 4) is 10.4 Å². The van der Waals surface area contributed by atoms with Crippen molar-refractivity contribution in [1.29, 1.82) is 0 Å². The molecule has 1 N–H and O–H groups in total. The van der Waals surface area contributed by atoms with Gasteiger partial charge in [-0.3, -0.25) is 4.79 Å². The van der Waals surface area contributed by atoms with Gasteiger partial charge in [-0.2, -0.15) is 8.75 Å². The molecule has 0 radical (unpaired) electrons. The smallest absolute Gasteiger partial charge is 0.251 e. The van der Waals surface area contributed by atoms with Gasteiger partial charge < -0.3 is 9.73 Å². The fourth-order valence-electron chi connectivity index (χ4n) is 2.40. The first-order chi connectivity index (χ1) is 11.8. The quantitative estimate of drug-likeness (QED) is 0.588. The molecule has 5 nitrogen and oxygen atoms in total. The monoisotopic (exact) mass is 355 g/mol. The topological polar surface area (TPSA) is 68.0 Å². The zero-order chi connectivity index (χ0) is 16.4. The summed E-state index contributed by atoms with van der Waals surface area (Å²) in [6.45, 7) is 0.595. The second kappa shape index (κ2) is 6.54. The number of aromatic nitrogens is 2. The number of carbonyl (C=O) groups excluding carboxylic acids is 1. The number of nitrogens with zero attached hydrogens (tertiary/aromatic N) is 2. The predicted octanol–water partition coefficient (Wildman–Crippen LogP) is 3.99. The summed E-state index contributed by atoms with van der Waals surface area (Å²) in [4.78, 5) is 14.6. The van der Waals surface area contributed by atoms with Gasteiger partial charge in [-0.1, -0.05) is 0 Å². The summed E-state index contributed by atoms with van der Waals surface area (Å²) in [5.41, 5.74) is 3.28. The van der Waals surface area contributed by atoms with Crippen molar-refractivity contribution >= 4 is 40.0 Å². The highest BCUT2D eigenvalue weighted by Gasteiger charge is 2.09. The molecular weight excluding hydrogens is 342 g/mol. The molecule has 1 aromatic carbocycles. The van der Waals surface area contributed by atoms with Crippen LogP contribution in [0.1, 0.15) is 15.2 Å². The fourth-order valence-corrected chi connectivity index (χ4v) is 3.91. The summed E-state index contributed by atoms with van der Waals surface area (Å²) in [6.07, 6.45) is 4.21. The lowest BCUT2D eigenvalue weighted by molar-refractivity contribution is 0.0954. The summed E-state index contributed by atoms with van der Waals surface area (Å²) in [5, 5.41) is 2.95. The number of hydrogen-bond donors (Lipinski definition) is 1. The van der Waals surface area contributed by atoms with Crippen molar-refractivity contribution in [3.63, 3.8) is 0 Å². The van der Waals surface area contributed by atoms with E-state index in [1.807, 2.05) is 12.1 Å². The van der Waals surface area contributed by atoms with Gasteiger partial charge in [0.2, 0.25) is 0 Å². The number of fused-ring (bicyclic) bond motifs is 1.